The van der Waals surface area contributed by atoms with Crippen molar-refractivity contribution in [2.75, 3.05) is 72.7 Å². The molecule has 290 valence electrons. The van der Waals surface area contributed by atoms with E-state index in [4.69, 9.17) is 24.1 Å². The molecule has 2 aromatic carbocycles. The second-order valence-electron chi connectivity index (χ2n) is 14.0. The molecule has 2 aliphatic heterocycles. The van der Waals surface area contributed by atoms with Crippen LogP contribution in [0.4, 0.5) is 0 Å². The van der Waals surface area contributed by atoms with Gasteiger partial charge in [-0.3, -0.25) is 28.9 Å². The van der Waals surface area contributed by atoms with Crippen molar-refractivity contribution >= 4 is 30.1 Å². The maximum atomic E-state index is 14.1. The summed E-state index contributed by atoms with van der Waals surface area (Å²) in [5, 5.41) is 13.2. The maximum absolute atomic E-state index is 14.1. The molecule has 14 nitrogen and oxygen atoms in total. The average molecular weight is 738 g/mol. The Kier molecular flexibility index (Phi) is 15.9. The molecule has 2 heterocycles. The van der Waals surface area contributed by atoms with Crippen LogP contribution >= 0.6 is 0 Å². The fourth-order valence-corrected chi connectivity index (χ4v) is 7.00. The molecule has 2 saturated heterocycles. The highest BCUT2D eigenvalue weighted by molar-refractivity contribution is 5.94. The maximum Gasteiger partial charge on any atom is 0.290 e. The van der Waals surface area contributed by atoms with Crippen LogP contribution in [-0.4, -0.2) is 123 Å². The number of carbonyl (C=O) groups is 5. The molecule has 2 aromatic rings. The van der Waals surface area contributed by atoms with E-state index in [-0.39, 0.29) is 43.3 Å². The Bertz CT molecular complexity index is 1550. The summed E-state index contributed by atoms with van der Waals surface area (Å²) >= 11 is 0. The third-order valence-electron chi connectivity index (χ3n) is 9.81. The van der Waals surface area contributed by atoms with Gasteiger partial charge in [0.2, 0.25) is 17.7 Å². The molecule has 0 saturated carbocycles. The van der Waals surface area contributed by atoms with Crippen molar-refractivity contribution in [2.45, 2.75) is 64.5 Å². The zero-order valence-corrected chi connectivity index (χ0v) is 31.3. The topological polar surface area (TPSA) is 167 Å². The molecular formula is C39H55N5O9. The van der Waals surface area contributed by atoms with E-state index in [1.54, 1.807) is 16.9 Å². The number of carboxylic acid groups (broad SMARTS) is 1. The highest BCUT2D eigenvalue weighted by atomic mass is 16.5. The van der Waals surface area contributed by atoms with E-state index in [9.17, 15) is 19.2 Å². The summed E-state index contributed by atoms with van der Waals surface area (Å²) in [6, 6.07) is 13.5. The van der Waals surface area contributed by atoms with Gasteiger partial charge in [0.15, 0.2) is 18.1 Å². The molecular weight excluding hydrogens is 682 g/mol. The van der Waals surface area contributed by atoms with Crippen LogP contribution in [0.1, 0.15) is 62.6 Å². The third-order valence-corrected chi connectivity index (χ3v) is 9.81. The van der Waals surface area contributed by atoms with Gasteiger partial charge in [-0.05, 0) is 73.4 Å². The van der Waals surface area contributed by atoms with Crippen molar-refractivity contribution in [1.29, 1.82) is 0 Å². The summed E-state index contributed by atoms with van der Waals surface area (Å²) in [6.07, 6.45) is 3.78. The fourth-order valence-electron chi connectivity index (χ4n) is 7.00. The summed E-state index contributed by atoms with van der Waals surface area (Å²) < 4.78 is 16.8. The van der Waals surface area contributed by atoms with Gasteiger partial charge in [-0.2, -0.15) is 0 Å². The SMILES string of the molecule is COc1cc(CN2CCCC(=O)N(CCC(C)C)CC(=O)NC3(CCCc4ccccc43)C(=O)NCC2)ccc1OCC(=O)N1CCOCC1.O=CO. The van der Waals surface area contributed by atoms with Crippen molar-refractivity contribution in [3.8, 4) is 11.5 Å². The van der Waals surface area contributed by atoms with Crippen molar-refractivity contribution in [3.63, 3.8) is 0 Å². The number of hydrogen-bond donors (Lipinski definition) is 3. The second kappa shape index (κ2) is 20.5. The number of carbonyl (C=O) groups excluding carboxylic acids is 4. The number of fused-ring (bicyclic) bond motifs is 2. The van der Waals surface area contributed by atoms with E-state index >= 15 is 0 Å². The summed E-state index contributed by atoms with van der Waals surface area (Å²) in [5.74, 6) is 0.675. The third kappa shape index (κ3) is 11.6. The highest BCUT2D eigenvalue weighted by Gasteiger charge is 2.44. The predicted molar refractivity (Wildman–Crippen MR) is 197 cm³/mol. The summed E-state index contributed by atoms with van der Waals surface area (Å²) in [6.45, 7) is 8.51. The Morgan fingerprint density at radius 1 is 1.02 bits per heavy atom. The number of morpholine rings is 1. The molecule has 1 unspecified atom stereocenters. The lowest BCUT2D eigenvalue weighted by Gasteiger charge is -2.39. The van der Waals surface area contributed by atoms with Gasteiger partial charge < -0.3 is 39.8 Å². The van der Waals surface area contributed by atoms with E-state index in [0.29, 0.717) is 95.7 Å². The minimum absolute atomic E-state index is 0.0600. The molecule has 1 atom stereocenters. The number of nitrogens with one attached hydrogen (secondary N) is 2. The molecule has 14 heteroatoms. The predicted octanol–water partition coefficient (Wildman–Crippen LogP) is 2.57. The van der Waals surface area contributed by atoms with E-state index < -0.39 is 5.54 Å². The molecule has 53 heavy (non-hydrogen) atoms. The van der Waals surface area contributed by atoms with E-state index in [1.165, 1.54) is 0 Å². The number of benzene rings is 2. The highest BCUT2D eigenvalue weighted by Crippen LogP contribution is 2.36. The van der Waals surface area contributed by atoms with Gasteiger partial charge in [0.05, 0.1) is 26.9 Å². The van der Waals surface area contributed by atoms with Gasteiger partial charge in [-0.15, -0.1) is 0 Å². The van der Waals surface area contributed by atoms with Crippen LogP contribution in [0.5, 0.6) is 11.5 Å². The van der Waals surface area contributed by atoms with Gasteiger partial charge >= 0.3 is 0 Å². The van der Waals surface area contributed by atoms with Crippen LogP contribution < -0.4 is 20.1 Å². The normalized spacial score (nSPS) is 20.3. The lowest BCUT2D eigenvalue weighted by Crippen LogP contribution is -2.60. The smallest absolute Gasteiger partial charge is 0.290 e. The van der Waals surface area contributed by atoms with E-state index in [1.807, 2.05) is 42.5 Å². The number of nitrogens with zero attached hydrogens (tertiary/aromatic N) is 3. The molecule has 3 aliphatic rings. The lowest BCUT2D eigenvalue weighted by molar-refractivity contribution is -0.139. The molecule has 1 aliphatic carbocycles. The van der Waals surface area contributed by atoms with Gasteiger partial charge in [0.1, 0.15) is 5.54 Å². The number of ether oxygens (including phenoxy) is 3. The summed E-state index contributed by atoms with van der Waals surface area (Å²) in [4.78, 5) is 67.9. The molecule has 0 bridgehead atoms. The Balaban J connectivity index is 0.00000202. The Labute approximate surface area is 312 Å². The number of hydrogen-bond acceptors (Lipinski definition) is 9. The lowest BCUT2D eigenvalue weighted by atomic mass is 9.75. The first kappa shape index (κ1) is 41.1. The van der Waals surface area contributed by atoms with Gasteiger partial charge in [0.25, 0.3) is 12.4 Å². The average Bonchev–Trinajstić information content (AvgIpc) is 3.15. The molecule has 5 rings (SSSR count). The summed E-state index contributed by atoms with van der Waals surface area (Å²) in [7, 11) is 1.57. The Hall–Kier alpha value is -4.69. The van der Waals surface area contributed by atoms with Crippen LogP contribution in [0.15, 0.2) is 42.5 Å². The Morgan fingerprint density at radius 3 is 2.51 bits per heavy atom. The minimum atomic E-state index is -1.21. The van der Waals surface area contributed by atoms with Gasteiger partial charge in [0, 0.05) is 45.7 Å². The first-order valence-electron chi connectivity index (χ1n) is 18.5. The number of methoxy groups -OCH3 is 1. The number of rotatable bonds is 9. The van der Waals surface area contributed by atoms with Crippen LogP contribution in [0.25, 0.3) is 0 Å². The second-order valence-corrected chi connectivity index (χ2v) is 14.0. The van der Waals surface area contributed by atoms with Crippen LogP contribution in [0.3, 0.4) is 0 Å². The first-order valence-corrected chi connectivity index (χ1v) is 18.5. The summed E-state index contributed by atoms with van der Waals surface area (Å²) in [5.41, 5.74) is 1.63. The molecule has 0 aromatic heterocycles. The largest absolute Gasteiger partial charge is 0.493 e. The molecule has 0 radical (unpaired) electrons. The Morgan fingerprint density at radius 2 is 1.77 bits per heavy atom. The van der Waals surface area contributed by atoms with Gasteiger partial charge in [-0.25, -0.2) is 0 Å². The van der Waals surface area contributed by atoms with E-state index in [0.717, 1.165) is 36.0 Å². The van der Waals surface area contributed by atoms with Gasteiger partial charge in [-0.1, -0.05) is 44.2 Å². The van der Waals surface area contributed by atoms with Crippen molar-refractivity contribution < 1.29 is 43.3 Å². The molecule has 3 N–H and O–H groups in total. The molecule has 1 spiro atoms. The van der Waals surface area contributed by atoms with Crippen LogP contribution in [0.2, 0.25) is 0 Å². The zero-order valence-electron chi connectivity index (χ0n) is 31.3. The van der Waals surface area contributed by atoms with Crippen LogP contribution in [-0.2, 0) is 47.2 Å². The molecule has 2 fully saturated rings. The number of amides is 4. The fraction of sp³-hybridized carbons (Fsp3) is 0.564. The zero-order chi connectivity index (χ0) is 38.2. The minimum Gasteiger partial charge on any atom is -0.493 e. The quantitative estimate of drug-likeness (QED) is 0.326. The first-order chi connectivity index (χ1) is 25.6. The number of aryl methyl sites for hydroxylation is 1. The molecule has 4 amide bonds. The standard InChI is InChI=1S/C38H53N5O7.CH2O2/c1-28(2)14-18-43-26-34(44)40-38(15-6-9-30-8-4-5-10-31(30)38)37(47)39-16-19-41(17-7-11-35(43)45)25-29-12-13-32(33(24-29)48-3)50-27-36(46)42-20-22-49-23-21-42;2-1-3/h4-5,8,10,12-13,24,28H,6-7,9,11,14-23,25-27H2,1-3H3,(H,39,47)(H,40,44);1H,(H,2,3). The van der Waals surface area contributed by atoms with Crippen molar-refractivity contribution in [3.05, 3.63) is 59.2 Å². The van der Waals surface area contributed by atoms with Crippen molar-refractivity contribution in [2.24, 2.45) is 5.92 Å². The van der Waals surface area contributed by atoms with E-state index in [2.05, 4.69) is 29.4 Å². The van der Waals surface area contributed by atoms with Crippen molar-refractivity contribution in [1.82, 2.24) is 25.3 Å². The monoisotopic (exact) mass is 737 g/mol. The van der Waals surface area contributed by atoms with Crippen LogP contribution in [0, 0.1) is 5.92 Å².